The molecular weight excluding hydrogens is 382 g/mol. The number of fused-ring (bicyclic) bond motifs is 1. The zero-order valence-electron chi connectivity index (χ0n) is 14.9. The maximum Gasteiger partial charge on any atom is 0.326 e. The molecule has 0 spiro atoms. The molecule has 2 aromatic rings. The van der Waals surface area contributed by atoms with Crippen molar-refractivity contribution < 1.29 is 19.5 Å². The molecule has 2 aliphatic rings. The molecule has 1 unspecified atom stereocenters. The molecule has 2 aliphatic heterocycles. The first kappa shape index (κ1) is 18.3. The van der Waals surface area contributed by atoms with E-state index in [1.54, 1.807) is 18.2 Å². The third kappa shape index (κ3) is 3.18. The van der Waals surface area contributed by atoms with Gasteiger partial charge in [0.25, 0.3) is 5.91 Å². The summed E-state index contributed by atoms with van der Waals surface area (Å²) in [6, 6.07) is 11.0. The molecular formula is C20H18ClN3O4. The second-order valence-electron chi connectivity index (χ2n) is 6.81. The lowest BCUT2D eigenvalue weighted by molar-refractivity contribution is -0.142. The summed E-state index contributed by atoms with van der Waals surface area (Å²) in [4.78, 5) is 39.8. The Kier molecular flexibility index (Phi) is 4.68. The van der Waals surface area contributed by atoms with Crippen LogP contribution in [0.3, 0.4) is 0 Å². The van der Waals surface area contributed by atoms with Gasteiger partial charge in [-0.2, -0.15) is 0 Å². The van der Waals surface area contributed by atoms with Gasteiger partial charge in [-0.1, -0.05) is 35.9 Å². The van der Waals surface area contributed by atoms with E-state index in [-0.39, 0.29) is 19.0 Å². The minimum Gasteiger partial charge on any atom is -0.480 e. The molecule has 28 heavy (non-hydrogen) atoms. The van der Waals surface area contributed by atoms with E-state index in [0.717, 1.165) is 11.1 Å². The number of carboxylic acids is 1. The number of carboxylic acid groups (broad SMARTS) is 1. The Morgan fingerprint density at radius 1 is 1.14 bits per heavy atom. The Morgan fingerprint density at radius 3 is 2.57 bits per heavy atom. The fraction of sp³-hybridized carbons (Fsp3) is 0.250. The van der Waals surface area contributed by atoms with Crippen LogP contribution in [0.25, 0.3) is 0 Å². The number of carbonyl (C=O) groups excluding carboxylic acids is 2. The summed E-state index contributed by atoms with van der Waals surface area (Å²) < 4.78 is 0. The van der Waals surface area contributed by atoms with Gasteiger partial charge in [-0.25, -0.2) is 9.59 Å². The van der Waals surface area contributed by atoms with Gasteiger partial charge >= 0.3 is 12.0 Å². The van der Waals surface area contributed by atoms with Gasteiger partial charge in [0.2, 0.25) is 0 Å². The van der Waals surface area contributed by atoms with Gasteiger partial charge in [0.05, 0.1) is 10.7 Å². The van der Waals surface area contributed by atoms with Crippen LogP contribution in [0.1, 0.15) is 21.5 Å². The lowest BCUT2D eigenvalue weighted by Crippen LogP contribution is -2.48. The van der Waals surface area contributed by atoms with Crippen LogP contribution < -0.4 is 10.2 Å². The van der Waals surface area contributed by atoms with E-state index in [4.69, 9.17) is 11.6 Å². The summed E-state index contributed by atoms with van der Waals surface area (Å²) in [5.41, 5.74) is 2.60. The Bertz CT molecular complexity index is 978. The molecule has 0 aliphatic carbocycles. The number of hydrogen-bond donors (Lipinski definition) is 2. The van der Waals surface area contributed by atoms with Gasteiger partial charge < -0.3 is 15.3 Å². The van der Waals surface area contributed by atoms with Crippen molar-refractivity contribution >= 4 is 35.2 Å². The van der Waals surface area contributed by atoms with Crippen molar-refractivity contribution in [2.24, 2.45) is 0 Å². The van der Waals surface area contributed by atoms with Crippen LogP contribution in [0.2, 0.25) is 5.02 Å². The predicted molar refractivity (Wildman–Crippen MR) is 104 cm³/mol. The molecule has 0 radical (unpaired) electrons. The van der Waals surface area contributed by atoms with Gasteiger partial charge in [-0.3, -0.25) is 9.69 Å². The number of halogens is 1. The largest absolute Gasteiger partial charge is 0.480 e. The fourth-order valence-corrected chi connectivity index (χ4v) is 3.90. The average molecular weight is 400 g/mol. The topological polar surface area (TPSA) is 89.9 Å². The van der Waals surface area contributed by atoms with Crippen molar-refractivity contribution in [3.05, 3.63) is 64.2 Å². The lowest BCUT2D eigenvalue weighted by atomic mass is 9.93. The number of nitrogens with zero attached hydrogens (tertiary/aromatic N) is 2. The zero-order chi connectivity index (χ0) is 19.8. The van der Waals surface area contributed by atoms with Crippen molar-refractivity contribution in [3.63, 3.8) is 0 Å². The first-order chi connectivity index (χ1) is 13.5. The Balaban J connectivity index is 1.68. The third-order valence-corrected chi connectivity index (χ3v) is 5.45. The second-order valence-corrected chi connectivity index (χ2v) is 7.22. The number of aliphatic carboxylic acids is 1. The van der Waals surface area contributed by atoms with Gasteiger partial charge in [-0.05, 0) is 29.3 Å². The summed E-state index contributed by atoms with van der Waals surface area (Å²) in [7, 11) is 0. The smallest absolute Gasteiger partial charge is 0.326 e. The van der Waals surface area contributed by atoms with E-state index in [0.29, 0.717) is 29.4 Å². The van der Waals surface area contributed by atoms with Crippen LogP contribution in [0.15, 0.2) is 42.5 Å². The van der Waals surface area contributed by atoms with E-state index in [2.05, 4.69) is 5.32 Å². The zero-order valence-corrected chi connectivity index (χ0v) is 15.6. The maximum atomic E-state index is 13.2. The van der Waals surface area contributed by atoms with Crippen LogP contribution in [0.5, 0.6) is 0 Å². The summed E-state index contributed by atoms with van der Waals surface area (Å²) in [5.74, 6) is -1.45. The second kappa shape index (κ2) is 7.16. The van der Waals surface area contributed by atoms with E-state index < -0.39 is 17.9 Å². The number of urea groups is 1. The number of nitrogens with one attached hydrogen (secondary N) is 1. The summed E-state index contributed by atoms with van der Waals surface area (Å²) >= 11 is 6.24. The van der Waals surface area contributed by atoms with E-state index in [1.807, 2.05) is 24.3 Å². The number of carbonyl (C=O) groups is 3. The standard InChI is InChI=1S/C20H18ClN3O4/c21-15-6-5-13(10-16(15)23-8-7-22-20(23)28)18(25)24-11-14-4-2-1-3-12(14)9-17(24)19(26)27/h1-6,10,17H,7-9,11H2,(H,22,28)(H,26,27). The van der Waals surface area contributed by atoms with Crippen LogP contribution in [-0.2, 0) is 17.8 Å². The Hall–Kier alpha value is -3.06. The Labute approximate surface area is 166 Å². The molecule has 8 heteroatoms. The minimum atomic E-state index is -1.05. The first-order valence-corrected chi connectivity index (χ1v) is 9.29. The number of hydrogen-bond acceptors (Lipinski definition) is 3. The molecule has 7 nitrogen and oxygen atoms in total. The molecule has 2 heterocycles. The molecule has 1 fully saturated rings. The maximum absolute atomic E-state index is 13.2. The number of rotatable bonds is 3. The molecule has 0 saturated carbocycles. The first-order valence-electron chi connectivity index (χ1n) is 8.91. The molecule has 0 bridgehead atoms. The summed E-state index contributed by atoms with van der Waals surface area (Å²) in [6.45, 7) is 1.16. The molecule has 1 saturated heterocycles. The SMILES string of the molecule is O=C(O)C1Cc2ccccc2CN1C(=O)c1ccc(Cl)c(N2CCNC2=O)c1. The number of benzene rings is 2. The van der Waals surface area contributed by atoms with E-state index in [1.165, 1.54) is 9.80 Å². The number of anilines is 1. The van der Waals surface area contributed by atoms with Gasteiger partial charge in [0, 0.05) is 31.6 Å². The molecule has 0 aromatic heterocycles. The van der Waals surface area contributed by atoms with E-state index >= 15 is 0 Å². The molecule has 3 amide bonds. The third-order valence-electron chi connectivity index (χ3n) is 5.14. The average Bonchev–Trinajstić information content (AvgIpc) is 3.12. The molecule has 144 valence electrons. The van der Waals surface area contributed by atoms with Gasteiger partial charge in [-0.15, -0.1) is 0 Å². The predicted octanol–water partition coefficient (Wildman–Crippen LogP) is 2.52. The monoisotopic (exact) mass is 399 g/mol. The highest BCUT2D eigenvalue weighted by atomic mass is 35.5. The minimum absolute atomic E-state index is 0.216. The molecule has 4 rings (SSSR count). The summed E-state index contributed by atoms with van der Waals surface area (Å²) in [5, 5.41) is 12.7. The van der Waals surface area contributed by atoms with Crippen molar-refractivity contribution in [3.8, 4) is 0 Å². The van der Waals surface area contributed by atoms with Crippen molar-refractivity contribution in [1.82, 2.24) is 10.2 Å². The van der Waals surface area contributed by atoms with Crippen LogP contribution in [0.4, 0.5) is 10.5 Å². The quantitative estimate of drug-likeness (QED) is 0.829. The lowest BCUT2D eigenvalue weighted by Gasteiger charge is -2.34. The molecule has 2 aromatic carbocycles. The van der Waals surface area contributed by atoms with Gasteiger partial charge in [0.15, 0.2) is 0 Å². The highest BCUT2D eigenvalue weighted by molar-refractivity contribution is 6.34. The van der Waals surface area contributed by atoms with Crippen LogP contribution in [-0.4, -0.2) is 47.0 Å². The van der Waals surface area contributed by atoms with E-state index in [9.17, 15) is 19.5 Å². The highest BCUT2D eigenvalue weighted by Gasteiger charge is 2.35. The van der Waals surface area contributed by atoms with Gasteiger partial charge in [0.1, 0.15) is 6.04 Å². The normalized spacial score (nSPS) is 18.6. The van der Waals surface area contributed by atoms with Crippen LogP contribution in [0, 0.1) is 0 Å². The fourth-order valence-electron chi connectivity index (χ4n) is 3.68. The Morgan fingerprint density at radius 2 is 1.89 bits per heavy atom. The number of amides is 3. The van der Waals surface area contributed by atoms with Crippen molar-refractivity contribution in [1.29, 1.82) is 0 Å². The summed E-state index contributed by atoms with van der Waals surface area (Å²) in [6.07, 6.45) is 0.256. The van der Waals surface area contributed by atoms with Crippen molar-refractivity contribution in [2.45, 2.75) is 19.0 Å². The van der Waals surface area contributed by atoms with Crippen molar-refractivity contribution in [2.75, 3.05) is 18.0 Å². The molecule has 1 atom stereocenters. The molecule has 2 N–H and O–H groups in total. The highest BCUT2D eigenvalue weighted by Crippen LogP contribution is 2.30. The van der Waals surface area contributed by atoms with Crippen LogP contribution >= 0.6 is 11.6 Å².